The van der Waals surface area contributed by atoms with Crippen LogP contribution in [-0.2, 0) is 17.8 Å². The van der Waals surface area contributed by atoms with Gasteiger partial charge in [-0.15, -0.1) is 0 Å². The summed E-state index contributed by atoms with van der Waals surface area (Å²) in [6, 6.07) is 17.9. The number of hydrogen-bond acceptors (Lipinski definition) is 2. The lowest BCUT2D eigenvalue weighted by Gasteiger charge is -2.24. The van der Waals surface area contributed by atoms with Crippen LogP contribution in [0.25, 0.3) is 0 Å². The Labute approximate surface area is 138 Å². The summed E-state index contributed by atoms with van der Waals surface area (Å²) >= 11 is 0. The number of likely N-dealkylation sites (N-methyl/N-ethyl adjacent to an activating group) is 1. The van der Waals surface area contributed by atoms with E-state index in [1.807, 2.05) is 68.6 Å². The Hall–Kier alpha value is -2.29. The largest absolute Gasteiger partial charge is 0.481 e. The fraction of sp³-hybridized carbons (Fsp3) is 0.350. The van der Waals surface area contributed by atoms with Crippen molar-refractivity contribution < 1.29 is 9.53 Å². The quantitative estimate of drug-likeness (QED) is 0.771. The van der Waals surface area contributed by atoms with Crippen molar-refractivity contribution in [3.05, 3.63) is 65.7 Å². The zero-order valence-corrected chi connectivity index (χ0v) is 14.2. The van der Waals surface area contributed by atoms with Crippen LogP contribution in [-0.4, -0.2) is 24.0 Å². The highest BCUT2D eigenvalue weighted by Gasteiger charge is 2.22. The summed E-state index contributed by atoms with van der Waals surface area (Å²) in [5.74, 6) is 0.756. The third kappa shape index (κ3) is 4.85. The maximum atomic E-state index is 12.6. The molecule has 0 spiro atoms. The Morgan fingerprint density at radius 1 is 1.00 bits per heavy atom. The molecule has 2 aromatic carbocycles. The molecule has 23 heavy (non-hydrogen) atoms. The Kier molecular flexibility index (Phi) is 6.21. The summed E-state index contributed by atoms with van der Waals surface area (Å²) in [6.07, 6.45) is 1.19. The molecule has 2 rings (SSSR count). The monoisotopic (exact) mass is 311 g/mol. The van der Waals surface area contributed by atoms with E-state index in [4.69, 9.17) is 4.74 Å². The van der Waals surface area contributed by atoms with E-state index in [2.05, 4.69) is 6.92 Å². The molecule has 3 nitrogen and oxygen atoms in total. The SMILES string of the molecule is CCc1ccc(O[C@H](CC)C(=O)N(C)Cc2ccccc2)cc1. The van der Waals surface area contributed by atoms with E-state index in [-0.39, 0.29) is 5.91 Å². The van der Waals surface area contributed by atoms with Crippen LogP contribution in [0.5, 0.6) is 5.75 Å². The highest BCUT2D eigenvalue weighted by Crippen LogP contribution is 2.17. The number of rotatable bonds is 7. The number of amides is 1. The molecule has 0 unspecified atom stereocenters. The van der Waals surface area contributed by atoms with Crippen LogP contribution in [0.1, 0.15) is 31.4 Å². The van der Waals surface area contributed by atoms with Gasteiger partial charge in [-0.05, 0) is 36.1 Å². The second kappa shape index (κ2) is 8.37. The average Bonchev–Trinajstić information content (AvgIpc) is 2.60. The molecule has 3 heteroatoms. The van der Waals surface area contributed by atoms with Gasteiger partial charge in [0, 0.05) is 13.6 Å². The summed E-state index contributed by atoms with van der Waals surface area (Å²) in [4.78, 5) is 14.3. The van der Waals surface area contributed by atoms with E-state index >= 15 is 0 Å². The lowest BCUT2D eigenvalue weighted by Crippen LogP contribution is -2.39. The smallest absolute Gasteiger partial charge is 0.263 e. The molecule has 0 N–H and O–H groups in total. The van der Waals surface area contributed by atoms with Gasteiger partial charge in [-0.3, -0.25) is 4.79 Å². The molecule has 2 aromatic rings. The number of hydrogen-bond donors (Lipinski definition) is 0. The molecule has 0 saturated heterocycles. The van der Waals surface area contributed by atoms with Crippen molar-refractivity contribution in [2.45, 2.75) is 39.3 Å². The van der Waals surface area contributed by atoms with Gasteiger partial charge in [0.25, 0.3) is 5.91 Å². The van der Waals surface area contributed by atoms with Crippen molar-refractivity contribution in [3.63, 3.8) is 0 Å². The number of aryl methyl sites for hydroxylation is 1. The number of carbonyl (C=O) groups is 1. The average molecular weight is 311 g/mol. The van der Waals surface area contributed by atoms with Crippen molar-refractivity contribution in [1.29, 1.82) is 0 Å². The van der Waals surface area contributed by atoms with Crippen molar-refractivity contribution in [2.24, 2.45) is 0 Å². The second-order valence-corrected chi connectivity index (χ2v) is 5.69. The highest BCUT2D eigenvalue weighted by atomic mass is 16.5. The molecule has 0 radical (unpaired) electrons. The standard InChI is InChI=1S/C20H25NO2/c1-4-16-11-13-18(14-12-16)23-19(5-2)20(22)21(3)15-17-9-7-6-8-10-17/h6-14,19H,4-5,15H2,1-3H3/t19-/m1/s1. The Morgan fingerprint density at radius 3 is 2.22 bits per heavy atom. The predicted molar refractivity (Wildman–Crippen MR) is 93.4 cm³/mol. The topological polar surface area (TPSA) is 29.5 Å². The van der Waals surface area contributed by atoms with Gasteiger partial charge in [-0.1, -0.05) is 56.3 Å². The highest BCUT2D eigenvalue weighted by molar-refractivity contribution is 5.81. The molecule has 0 aliphatic heterocycles. The van der Waals surface area contributed by atoms with Crippen molar-refractivity contribution in [3.8, 4) is 5.75 Å². The number of nitrogens with zero attached hydrogens (tertiary/aromatic N) is 1. The van der Waals surface area contributed by atoms with E-state index in [0.717, 1.165) is 17.7 Å². The molecule has 122 valence electrons. The molecular formula is C20H25NO2. The van der Waals surface area contributed by atoms with E-state index in [1.165, 1.54) is 5.56 Å². The van der Waals surface area contributed by atoms with Crippen LogP contribution in [0.15, 0.2) is 54.6 Å². The molecule has 0 heterocycles. The Balaban J connectivity index is 1.99. The van der Waals surface area contributed by atoms with E-state index in [1.54, 1.807) is 4.90 Å². The first-order valence-corrected chi connectivity index (χ1v) is 8.18. The van der Waals surface area contributed by atoms with Gasteiger partial charge >= 0.3 is 0 Å². The van der Waals surface area contributed by atoms with Crippen LogP contribution in [0.2, 0.25) is 0 Å². The summed E-state index contributed by atoms with van der Waals surface area (Å²) in [7, 11) is 1.82. The predicted octanol–water partition coefficient (Wildman–Crippen LogP) is 4.07. The maximum Gasteiger partial charge on any atom is 0.263 e. The molecule has 0 saturated carbocycles. The lowest BCUT2D eigenvalue weighted by atomic mass is 10.1. The number of benzene rings is 2. The van der Waals surface area contributed by atoms with Crippen LogP contribution in [0.3, 0.4) is 0 Å². The van der Waals surface area contributed by atoms with Gasteiger partial charge < -0.3 is 9.64 Å². The minimum atomic E-state index is -0.448. The maximum absolute atomic E-state index is 12.6. The molecule has 1 atom stereocenters. The molecule has 0 aliphatic carbocycles. The van der Waals surface area contributed by atoms with Crippen LogP contribution < -0.4 is 4.74 Å². The van der Waals surface area contributed by atoms with Crippen LogP contribution in [0, 0.1) is 0 Å². The molecular weight excluding hydrogens is 286 g/mol. The van der Waals surface area contributed by atoms with Gasteiger partial charge in [0.05, 0.1) is 0 Å². The van der Waals surface area contributed by atoms with Gasteiger partial charge in [0.15, 0.2) is 6.10 Å². The van der Waals surface area contributed by atoms with Crippen molar-refractivity contribution in [2.75, 3.05) is 7.05 Å². The molecule has 1 amide bonds. The van der Waals surface area contributed by atoms with Crippen LogP contribution in [0.4, 0.5) is 0 Å². The van der Waals surface area contributed by atoms with E-state index in [0.29, 0.717) is 13.0 Å². The van der Waals surface area contributed by atoms with Gasteiger partial charge in [-0.2, -0.15) is 0 Å². The lowest BCUT2D eigenvalue weighted by molar-refractivity contribution is -0.138. The second-order valence-electron chi connectivity index (χ2n) is 5.69. The third-order valence-corrected chi connectivity index (χ3v) is 3.89. The third-order valence-electron chi connectivity index (χ3n) is 3.89. The zero-order valence-electron chi connectivity index (χ0n) is 14.2. The number of ether oxygens (including phenoxy) is 1. The van der Waals surface area contributed by atoms with Crippen molar-refractivity contribution in [1.82, 2.24) is 4.90 Å². The van der Waals surface area contributed by atoms with E-state index < -0.39 is 6.10 Å². The first kappa shape index (κ1) is 17.1. The first-order valence-electron chi connectivity index (χ1n) is 8.18. The molecule has 0 aliphatic rings. The van der Waals surface area contributed by atoms with Crippen molar-refractivity contribution >= 4 is 5.91 Å². The van der Waals surface area contributed by atoms with Gasteiger partial charge in [0.2, 0.25) is 0 Å². The Morgan fingerprint density at radius 2 is 1.65 bits per heavy atom. The number of carbonyl (C=O) groups excluding carboxylic acids is 1. The molecule has 0 fully saturated rings. The first-order chi connectivity index (χ1) is 11.1. The Bertz CT molecular complexity index is 607. The zero-order chi connectivity index (χ0) is 16.7. The van der Waals surface area contributed by atoms with Gasteiger partial charge in [0.1, 0.15) is 5.75 Å². The minimum absolute atomic E-state index is 0.0101. The fourth-order valence-electron chi connectivity index (χ4n) is 2.46. The van der Waals surface area contributed by atoms with Gasteiger partial charge in [-0.25, -0.2) is 0 Å². The molecule has 0 aromatic heterocycles. The summed E-state index contributed by atoms with van der Waals surface area (Å²) < 4.78 is 5.89. The summed E-state index contributed by atoms with van der Waals surface area (Å²) in [6.45, 7) is 4.68. The fourth-order valence-corrected chi connectivity index (χ4v) is 2.46. The minimum Gasteiger partial charge on any atom is -0.481 e. The normalized spacial score (nSPS) is 11.8. The van der Waals surface area contributed by atoms with E-state index in [9.17, 15) is 4.79 Å². The summed E-state index contributed by atoms with van der Waals surface area (Å²) in [5, 5.41) is 0. The van der Waals surface area contributed by atoms with Crippen LogP contribution >= 0.6 is 0 Å². The molecule has 0 bridgehead atoms. The summed E-state index contributed by atoms with van der Waals surface area (Å²) in [5.41, 5.74) is 2.38.